The predicted molar refractivity (Wildman–Crippen MR) is 103 cm³/mol. The van der Waals surface area contributed by atoms with Crippen molar-refractivity contribution in [3.05, 3.63) is 24.2 Å². The van der Waals surface area contributed by atoms with Crippen molar-refractivity contribution in [2.75, 3.05) is 37.7 Å². The molecule has 1 aliphatic heterocycles. The third-order valence-electron chi connectivity index (χ3n) is 4.29. The molecule has 1 N–H and O–H groups in total. The smallest absolute Gasteiger partial charge is 0.409 e. The molecule has 1 amide bonds. The van der Waals surface area contributed by atoms with Crippen LogP contribution >= 0.6 is 0 Å². The first-order valence-electron chi connectivity index (χ1n) is 9.38. The maximum Gasteiger partial charge on any atom is 0.409 e. The minimum Gasteiger partial charge on any atom is -0.449 e. The van der Waals surface area contributed by atoms with Gasteiger partial charge in [-0.05, 0) is 24.5 Å². The van der Waals surface area contributed by atoms with Gasteiger partial charge in [0.1, 0.15) is 11.9 Å². The topological polar surface area (TPSA) is 105 Å². The van der Waals surface area contributed by atoms with Crippen molar-refractivity contribution in [2.24, 2.45) is 5.41 Å². The second kappa shape index (κ2) is 8.14. The van der Waals surface area contributed by atoms with Gasteiger partial charge in [0.15, 0.2) is 0 Å². The lowest BCUT2D eigenvalue weighted by atomic mass is 9.99. The molecule has 1 aliphatic rings. The molecule has 0 radical (unpaired) electrons. The molecule has 1 atom stereocenters. The van der Waals surface area contributed by atoms with Crippen LogP contribution in [0.1, 0.15) is 39.7 Å². The van der Waals surface area contributed by atoms with Crippen LogP contribution in [0.2, 0.25) is 0 Å². The zero-order chi connectivity index (χ0) is 20.3. The first-order valence-corrected chi connectivity index (χ1v) is 9.38. The van der Waals surface area contributed by atoms with Crippen molar-refractivity contribution in [1.29, 1.82) is 0 Å². The summed E-state index contributed by atoms with van der Waals surface area (Å²) in [6.45, 7) is 10.5. The fraction of sp³-hybridized carbons (Fsp3) is 0.579. The molecule has 9 heteroatoms. The van der Waals surface area contributed by atoms with E-state index in [1.54, 1.807) is 24.1 Å². The lowest BCUT2D eigenvalue weighted by Gasteiger charge is -2.35. The van der Waals surface area contributed by atoms with E-state index in [0.717, 1.165) is 11.4 Å². The van der Waals surface area contributed by atoms with Gasteiger partial charge in [-0.25, -0.2) is 9.78 Å². The van der Waals surface area contributed by atoms with Crippen molar-refractivity contribution in [3.8, 4) is 11.4 Å². The lowest BCUT2D eigenvalue weighted by Crippen LogP contribution is -2.49. The zero-order valence-electron chi connectivity index (χ0n) is 16.8. The minimum absolute atomic E-state index is 0.0509. The molecule has 152 valence electrons. The van der Waals surface area contributed by atoms with Crippen molar-refractivity contribution in [2.45, 2.75) is 33.8 Å². The van der Waals surface area contributed by atoms with Crippen LogP contribution in [0.5, 0.6) is 0 Å². The number of carbonyl (C=O) groups excluding carboxylic acids is 1. The van der Waals surface area contributed by atoms with Crippen molar-refractivity contribution >= 4 is 11.9 Å². The number of hydrogen-bond donors (Lipinski definition) is 1. The van der Waals surface area contributed by atoms with Crippen LogP contribution in [-0.2, 0) is 4.74 Å². The number of hydrogen-bond acceptors (Lipinski definition) is 8. The molecule has 0 aromatic carbocycles. The van der Waals surface area contributed by atoms with Gasteiger partial charge in [-0.15, -0.1) is 0 Å². The van der Waals surface area contributed by atoms with Crippen LogP contribution in [0.15, 0.2) is 22.9 Å². The number of pyridine rings is 1. The highest BCUT2D eigenvalue weighted by Crippen LogP contribution is 2.23. The molecule has 0 aliphatic carbocycles. The molecule has 0 bridgehead atoms. The van der Waals surface area contributed by atoms with Gasteiger partial charge in [0, 0.05) is 37.9 Å². The summed E-state index contributed by atoms with van der Waals surface area (Å²) in [4.78, 5) is 24.7. The summed E-state index contributed by atoms with van der Waals surface area (Å²) in [7, 11) is 0. The number of piperazine rings is 1. The maximum atomic E-state index is 12.2. The van der Waals surface area contributed by atoms with Gasteiger partial charge in [-0.3, -0.25) is 0 Å². The Morgan fingerprint density at radius 2 is 2.04 bits per heavy atom. The summed E-state index contributed by atoms with van der Waals surface area (Å²) < 4.78 is 10.4. The number of anilines is 1. The average molecular weight is 389 g/mol. The van der Waals surface area contributed by atoms with Crippen LogP contribution in [0, 0.1) is 5.41 Å². The minimum atomic E-state index is -0.811. The molecular formula is C19H27N5O4. The molecule has 9 nitrogen and oxygen atoms in total. The van der Waals surface area contributed by atoms with Gasteiger partial charge in [-0.2, -0.15) is 4.98 Å². The molecule has 0 unspecified atom stereocenters. The normalized spacial score (nSPS) is 16.2. The third-order valence-corrected chi connectivity index (χ3v) is 4.29. The number of aliphatic hydroxyl groups excluding tert-OH is 1. The van der Waals surface area contributed by atoms with E-state index in [-0.39, 0.29) is 17.4 Å². The maximum absolute atomic E-state index is 12.2. The second-order valence-electron chi connectivity index (χ2n) is 8.12. The number of ether oxygens (including phenoxy) is 1. The van der Waals surface area contributed by atoms with E-state index < -0.39 is 6.10 Å². The summed E-state index contributed by atoms with van der Waals surface area (Å²) >= 11 is 0. The number of carbonyl (C=O) groups is 1. The Hall–Kier alpha value is -2.68. The van der Waals surface area contributed by atoms with Crippen molar-refractivity contribution in [3.63, 3.8) is 0 Å². The first-order chi connectivity index (χ1) is 13.2. The summed E-state index contributed by atoms with van der Waals surface area (Å²) in [5, 5.41) is 13.4. The highest BCUT2D eigenvalue weighted by atomic mass is 16.6. The number of nitrogens with zero attached hydrogens (tertiary/aromatic N) is 5. The Balaban J connectivity index is 1.61. The molecule has 1 fully saturated rings. The molecule has 0 saturated carbocycles. The van der Waals surface area contributed by atoms with E-state index >= 15 is 0 Å². The Labute approximate surface area is 164 Å². The van der Waals surface area contributed by atoms with Gasteiger partial charge in [-0.1, -0.05) is 25.9 Å². The van der Waals surface area contributed by atoms with Gasteiger partial charge in [0.25, 0.3) is 5.89 Å². The molecule has 2 aromatic rings. The van der Waals surface area contributed by atoms with E-state index in [0.29, 0.717) is 38.6 Å². The quantitative estimate of drug-likeness (QED) is 0.850. The third kappa shape index (κ3) is 4.98. The second-order valence-corrected chi connectivity index (χ2v) is 8.12. The highest BCUT2D eigenvalue weighted by molar-refractivity contribution is 5.68. The molecule has 1 saturated heterocycles. The van der Waals surface area contributed by atoms with Gasteiger partial charge < -0.3 is 24.2 Å². The van der Waals surface area contributed by atoms with E-state index in [9.17, 15) is 9.90 Å². The number of aliphatic hydroxyl groups is 1. The van der Waals surface area contributed by atoms with Crippen molar-refractivity contribution in [1.82, 2.24) is 20.0 Å². The molecule has 28 heavy (non-hydrogen) atoms. The van der Waals surface area contributed by atoms with Crippen LogP contribution in [0.25, 0.3) is 11.4 Å². The van der Waals surface area contributed by atoms with E-state index in [2.05, 4.69) is 20.0 Å². The standard InChI is InChI=1S/C19H27N5O4/c1-13(25)17-21-16(22-28-17)14-5-6-20-15(11-14)23-7-9-24(10-8-23)18(26)27-12-19(2,3)4/h5-6,11,13,25H,7-10,12H2,1-4H3/t13-/m1/s1. The van der Waals surface area contributed by atoms with E-state index in [4.69, 9.17) is 9.26 Å². The fourth-order valence-electron chi connectivity index (χ4n) is 2.74. The van der Waals surface area contributed by atoms with Crippen LogP contribution in [-0.4, -0.2) is 64.0 Å². The molecule has 3 heterocycles. The molecular weight excluding hydrogens is 362 g/mol. The first kappa shape index (κ1) is 20.1. The van der Waals surface area contributed by atoms with Crippen molar-refractivity contribution < 1.29 is 19.2 Å². The molecule has 0 spiro atoms. The predicted octanol–water partition coefficient (Wildman–Crippen LogP) is 2.49. The summed E-state index contributed by atoms with van der Waals surface area (Å²) in [5.41, 5.74) is 0.706. The largest absolute Gasteiger partial charge is 0.449 e. The van der Waals surface area contributed by atoms with Gasteiger partial charge in [0.05, 0.1) is 6.61 Å². The lowest BCUT2D eigenvalue weighted by molar-refractivity contribution is 0.0707. The Kier molecular flexibility index (Phi) is 5.83. The summed E-state index contributed by atoms with van der Waals surface area (Å²) in [6.07, 6.45) is 0.606. The van der Waals surface area contributed by atoms with Gasteiger partial charge in [0.2, 0.25) is 5.82 Å². The molecule has 2 aromatic heterocycles. The number of rotatable bonds is 4. The van der Waals surface area contributed by atoms with Crippen LogP contribution in [0.3, 0.4) is 0 Å². The van der Waals surface area contributed by atoms with E-state index in [1.807, 2.05) is 26.8 Å². The zero-order valence-corrected chi connectivity index (χ0v) is 16.8. The van der Waals surface area contributed by atoms with Crippen LogP contribution in [0.4, 0.5) is 10.6 Å². The Bertz CT molecular complexity index is 807. The monoisotopic (exact) mass is 389 g/mol. The Morgan fingerprint density at radius 1 is 1.32 bits per heavy atom. The van der Waals surface area contributed by atoms with E-state index in [1.165, 1.54) is 0 Å². The Morgan fingerprint density at radius 3 is 2.64 bits per heavy atom. The highest BCUT2D eigenvalue weighted by Gasteiger charge is 2.25. The van der Waals surface area contributed by atoms with Gasteiger partial charge >= 0.3 is 6.09 Å². The molecule has 3 rings (SSSR count). The van der Waals surface area contributed by atoms with Crippen LogP contribution < -0.4 is 4.90 Å². The average Bonchev–Trinajstić information content (AvgIpc) is 3.16. The summed E-state index contributed by atoms with van der Waals surface area (Å²) in [6, 6.07) is 3.67. The fourth-order valence-corrected chi connectivity index (χ4v) is 2.74. The number of aromatic nitrogens is 3. The number of amides is 1. The summed E-state index contributed by atoms with van der Waals surface area (Å²) in [5.74, 6) is 1.36. The SMILES string of the molecule is C[C@@H](O)c1nc(-c2ccnc(N3CCN(C(=O)OCC(C)(C)C)CC3)c2)no1.